The Labute approximate surface area is 129 Å². The lowest BCUT2D eigenvalue weighted by Gasteiger charge is -2.46. The molecule has 0 N–H and O–H groups in total. The van der Waals surface area contributed by atoms with Gasteiger partial charge in [0.05, 0.1) is 13.2 Å². The zero-order valence-corrected chi connectivity index (χ0v) is 12.6. The van der Waals surface area contributed by atoms with Crippen LogP contribution in [0.3, 0.4) is 0 Å². The summed E-state index contributed by atoms with van der Waals surface area (Å²) in [6.07, 6.45) is 0.00805. The Hall–Kier alpha value is -2.08. The third kappa shape index (κ3) is 3.06. The quantitative estimate of drug-likeness (QED) is 0.833. The van der Waals surface area contributed by atoms with E-state index in [1.165, 1.54) is 4.90 Å². The van der Waals surface area contributed by atoms with Gasteiger partial charge in [0.2, 0.25) is 5.91 Å². The normalized spacial score (nSPS) is 24.9. The minimum atomic E-state index is -0.473. The molecule has 1 aromatic rings. The smallest absolute Gasteiger partial charge is 0.410 e. The van der Waals surface area contributed by atoms with Crippen molar-refractivity contribution >= 4 is 12.0 Å². The van der Waals surface area contributed by atoms with Crippen molar-refractivity contribution in [3.05, 3.63) is 35.9 Å². The van der Waals surface area contributed by atoms with Gasteiger partial charge in [0.15, 0.2) is 0 Å². The van der Waals surface area contributed by atoms with Gasteiger partial charge in [0.25, 0.3) is 0 Å². The van der Waals surface area contributed by atoms with Crippen molar-refractivity contribution in [2.75, 3.05) is 19.7 Å². The lowest BCUT2D eigenvalue weighted by atomic mass is 10.1. The number of nitrogens with zero attached hydrogens (tertiary/aromatic N) is 2. The number of ether oxygens (including phenoxy) is 2. The highest BCUT2D eigenvalue weighted by atomic mass is 16.6. The first-order valence-electron chi connectivity index (χ1n) is 7.53. The maximum Gasteiger partial charge on any atom is 0.410 e. The average molecular weight is 304 g/mol. The summed E-state index contributed by atoms with van der Waals surface area (Å²) in [6.45, 7) is 3.25. The molecule has 0 aliphatic carbocycles. The first-order chi connectivity index (χ1) is 10.6. The summed E-state index contributed by atoms with van der Waals surface area (Å²) in [4.78, 5) is 27.5. The van der Waals surface area contributed by atoms with Gasteiger partial charge in [-0.2, -0.15) is 0 Å². The van der Waals surface area contributed by atoms with E-state index < -0.39 is 6.09 Å². The number of rotatable bonds is 2. The first kappa shape index (κ1) is 14.8. The number of amides is 2. The molecule has 0 radical (unpaired) electrons. The molecular weight excluding hydrogens is 284 g/mol. The van der Waals surface area contributed by atoms with Crippen LogP contribution in [0.15, 0.2) is 30.3 Å². The van der Waals surface area contributed by atoms with Crippen molar-refractivity contribution < 1.29 is 19.1 Å². The SMILES string of the molecule is C[C@@H]1CCOC2CN(C(=O)OCc3ccccc3)CC(=O)N21. The Morgan fingerprint density at radius 2 is 2.14 bits per heavy atom. The Bertz CT molecular complexity index is 548. The number of carbonyl (C=O) groups excluding carboxylic acids is 2. The summed E-state index contributed by atoms with van der Waals surface area (Å²) < 4.78 is 10.9. The molecule has 2 saturated heterocycles. The van der Waals surface area contributed by atoms with Crippen molar-refractivity contribution in [1.82, 2.24) is 9.80 Å². The van der Waals surface area contributed by atoms with E-state index in [4.69, 9.17) is 9.47 Å². The predicted molar refractivity (Wildman–Crippen MR) is 78.9 cm³/mol. The summed E-state index contributed by atoms with van der Waals surface area (Å²) in [6, 6.07) is 9.63. The second kappa shape index (κ2) is 6.36. The molecule has 1 aromatic carbocycles. The fraction of sp³-hybridized carbons (Fsp3) is 0.500. The minimum Gasteiger partial charge on any atom is -0.445 e. The molecule has 6 nitrogen and oxygen atoms in total. The zero-order valence-electron chi connectivity index (χ0n) is 12.6. The Balaban J connectivity index is 1.58. The van der Waals surface area contributed by atoms with Gasteiger partial charge in [-0.15, -0.1) is 0 Å². The number of hydrogen-bond acceptors (Lipinski definition) is 4. The van der Waals surface area contributed by atoms with Gasteiger partial charge >= 0.3 is 6.09 Å². The van der Waals surface area contributed by atoms with E-state index in [9.17, 15) is 9.59 Å². The Morgan fingerprint density at radius 1 is 1.36 bits per heavy atom. The van der Waals surface area contributed by atoms with E-state index in [0.29, 0.717) is 13.2 Å². The van der Waals surface area contributed by atoms with Crippen LogP contribution in [0, 0.1) is 0 Å². The van der Waals surface area contributed by atoms with Crippen molar-refractivity contribution in [1.29, 1.82) is 0 Å². The van der Waals surface area contributed by atoms with Crippen LogP contribution in [-0.2, 0) is 20.9 Å². The van der Waals surface area contributed by atoms with Gasteiger partial charge in [-0.25, -0.2) is 4.79 Å². The van der Waals surface area contributed by atoms with Crippen molar-refractivity contribution in [3.8, 4) is 0 Å². The van der Waals surface area contributed by atoms with Crippen LogP contribution in [0.2, 0.25) is 0 Å². The van der Waals surface area contributed by atoms with Crippen LogP contribution in [0.25, 0.3) is 0 Å². The predicted octanol–water partition coefficient (Wildman–Crippen LogP) is 1.60. The van der Waals surface area contributed by atoms with Crippen molar-refractivity contribution in [2.45, 2.75) is 32.2 Å². The molecule has 0 aromatic heterocycles. The van der Waals surface area contributed by atoms with E-state index >= 15 is 0 Å². The standard InChI is InChI=1S/C16H20N2O4/c1-12-7-8-21-15-10-17(9-14(19)18(12)15)16(20)22-11-13-5-3-2-4-6-13/h2-6,12,15H,7-11H2,1H3/t12-,15?/m1/s1. The summed E-state index contributed by atoms with van der Waals surface area (Å²) >= 11 is 0. The second-order valence-corrected chi connectivity index (χ2v) is 5.68. The molecule has 22 heavy (non-hydrogen) atoms. The summed E-state index contributed by atoms with van der Waals surface area (Å²) in [7, 11) is 0. The lowest BCUT2D eigenvalue weighted by Crippen LogP contribution is -2.63. The molecule has 118 valence electrons. The fourth-order valence-corrected chi connectivity index (χ4v) is 2.87. The number of fused-ring (bicyclic) bond motifs is 1. The Kier molecular flexibility index (Phi) is 4.29. The molecular formula is C16H20N2O4. The van der Waals surface area contributed by atoms with E-state index in [2.05, 4.69) is 0 Å². The Morgan fingerprint density at radius 3 is 2.91 bits per heavy atom. The zero-order chi connectivity index (χ0) is 15.5. The molecule has 0 spiro atoms. The highest BCUT2D eigenvalue weighted by Gasteiger charge is 2.40. The molecule has 3 rings (SSSR count). The maximum atomic E-state index is 12.2. The van der Waals surface area contributed by atoms with E-state index in [-0.39, 0.29) is 31.3 Å². The molecule has 2 fully saturated rings. The van der Waals surface area contributed by atoms with Gasteiger partial charge < -0.3 is 14.4 Å². The maximum absolute atomic E-state index is 12.2. The summed E-state index contributed by atoms with van der Waals surface area (Å²) in [5.41, 5.74) is 0.920. The van der Waals surface area contributed by atoms with Crippen LogP contribution < -0.4 is 0 Å². The summed E-state index contributed by atoms with van der Waals surface area (Å²) in [5.74, 6) is -0.0832. The molecule has 6 heteroatoms. The second-order valence-electron chi connectivity index (χ2n) is 5.68. The fourth-order valence-electron chi connectivity index (χ4n) is 2.87. The van der Waals surface area contributed by atoms with E-state index in [1.54, 1.807) is 4.90 Å². The monoisotopic (exact) mass is 304 g/mol. The highest BCUT2D eigenvalue weighted by Crippen LogP contribution is 2.22. The van der Waals surface area contributed by atoms with Gasteiger partial charge in [0, 0.05) is 6.04 Å². The van der Waals surface area contributed by atoms with Crippen LogP contribution in [0.1, 0.15) is 18.9 Å². The molecule has 2 amide bonds. The third-order valence-electron chi connectivity index (χ3n) is 4.08. The molecule has 0 bridgehead atoms. The van der Waals surface area contributed by atoms with Crippen LogP contribution in [0.5, 0.6) is 0 Å². The van der Waals surface area contributed by atoms with Crippen molar-refractivity contribution in [3.63, 3.8) is 0 Å². The van der Waals surface area contributed by atoms with E-state index in [1.807, 2.05) is 37.3 Å². The number of hydrogen-bond donors (Lipinski definition) is 0. The summed E-state index contributed by atoms with van der Waals surface area (Å²) in [5, 5.41) is 0. The van der Waals surface area contributed by atoms with Crippen LogP contribution in [-0.4, -0.2) is 53.8 Å². The minimum absolute atomic E-state index is 0.0534. The van der Waals surface area contributed by atoms with Gasteiger partial charge in [-0.1, -0.05) is 30.3 Å². The van der Waals surface area contributed by atoms with Gasteiger partial charge in [-0.05, 0) is 18.9 Å². The highest BCUT2D eigenvalue weighted by molar-refractivity contribution is 5.84. The molecule has 2 atom stereocenters. The molecule has 2 aliphatic heterocycles. The largest absolute Gasteiger partial charge is 0.445 e. The topological polar surface area (TPSA) is 59.1 Å². The lowest BCUT2D eigenvalue weighted by molar-refractivity contribution is -0.176. The third-order valence-corrected chi connectivity index (χ3v) is 4.08. The molecule has 0 saturated carbocycles. The van der Waals surface area contributed by atoms with Crippen molar-refractivity contribution in [2.24, 2.45) is 0 Å². The van der Waals surface area contributed by atoms with Gasteiger partial charge in [-0.3, -0.25) is 9.69 Å². The van der Waals surface area contributed by atoms with Gasteiger partial charge in [0.1, 0.15) is 19.4 Å². The molecule has 1 unspecified atom stereocenters. The van der Waals surface area contributed by atoms with Crippen LogP contribution in [0.4, 0.5) is 4.79 Å². The molecule has 2 heterocycles. The molecule has 2 aliphatic rings. The van der Waals surface area contributed by atoms with Crippen LogP contribution >= 0.6 is 0 Å². The number of benzene rings is 1. The number of piperazine rings is 1. The average Bonchev–Trinajstić information content (AvgIpc) is 2.53. The number of carbonyl (C=O) groups is 2. The van der Waals surface area contributed by atoms with E-state index in [0.717, 1.165) is 12.0 Å². The first-order valence-corrected chi connectivity index (χ1v) is 7.53.